The Kier molecular flexibility index (Phi) is 7.64. The lowest BCUT2D eigenvalue weighted by Crippen LogP contribution is -2.51. The molecule has 0 aromatic heterocycles. The lowest BCUT2D eigenvalue weighted by molar-refractivity contribution is 0.165. The molecule has 2 unspecified atom stereocenters. The zero-order chi connectivity index (χ0) is 28.3. The summed E-state index contributed by atoms with van der Waals surface area (Å²) in [4.78, 5) is 16.1. The van der Waals surface area contributed by atoms with Crippen LogP contribution in [0.3, 0.4) is 0 Å². The van der Waals surface area contributed by atoms with E-state index in [0.29, 0.717) is 17.1 Å². The Morgan fingerprint density at radius 1 is 0.854 bits per heavy atom. The van der Waals surface area contributed by atoms with Crippen LogP contribution < -0.4 is 14.8 Å². The number of carbonyl (C=O) groups excluding carboxylic acids is 1. The first-order chi connectivity index (χ1) is 20.1. The molecule has 0 bridgehead atoms. The summed E-state index contributed by atoms with van der Waals surface area (Å²) in [5.41, 5.74) is 6.46. The molecule has 0 spiro atoms. The summed E-state index contributed by atoms with van der Waals surface area (Å²) in [6.07, 6.45) is 3.08. The Morgan fingerprint density at radius 3 is 2.17 bits per heavy atom. The predicted molar refractivity (Wildman–Crippen MR) is 158 cm³/mol. The number of aryl methyl sites for hydroxylation is 1. The minimum Gasteiger partial charge on any atom is -0.493 e. The van der Waals surface area contributed by atoms with Gasteiger partial charge < -0.3 is 19.7 Å². The summed E-state index contributed by atoms with van der Waals surface area (Å²) >= 11 is 0. The molecule has 210 valence electrons. The van der Waals surface area contributed by atoms with Gasteiger partial charge in [-0.05, 0) is 71.7 Å². The highest BCUT2D eigenvalue weighted by atomic mass is 19.1. The minimum absolute atomic E-state index is 0.0533. The molecule has 41 heavy (non-hydrogen) atoms. The number of amides is 2. The molecule has 2 aliphatic rings. The third-order valence-electron chi connectivity index (χ3n) is 8.60. The van der Waals surface area contributed by atoms with Crippen molar-refractivity contribution in [1.29, 1.82) is 0 Å². The summed E-state index contributed by atoms with van der Waals surface area (Å²) in [5, 5.41) is 3.41. The van der Waals surface area contributed by atoms with Crippen molar-refractivity contribution in [3.05, 3.63) is 130 Å². The van der Waals surface area contributed by atoms with Gasteiger partial charge in [-0.1, -0.05) is 72.8 Å². The Morgan fingerprint density at radius 2 is 1.49 bits per heavy atom. The molecule has 2 amide bonds. The zero-order valence-electron chi connectivity index (χ0n) is 23.5. The van der Waals surface area contributed by atoms with Crippen LogP contribution in [0.1, 0.15) is 45.7 Å². The number of nitrogens with one attached hydrogen (secondary N) is 1. The van der Waals surface area contributed by atoms with Gasteiger partial charge in [0.1, 0.15) is 5.82 Å². The van der Waals surface area contributed by atoms with Gasteiger partial charge in [-0.25, -0.2) is 9.18 Å². The second kappa shape index (κ2) is 11.7. The number of methoxy groups -OCH3 is 2. The van der Waals surface area contributed by atoms with Crippen LogP contribution in [-0.2, 0) is 25.8 Å². The number of urea groups is 1. The monoisotopic (exact) mass is 550 g/mol. The van der Waals surface area contributed by atoms with Crippen molar-refractivity contribution in [3.8, 4) is 11.5 Å². The van der Waals surface area contributed by atoms with Gasteiger partial charge in [0, 0.05) is 23.6 Å². The Hall–Kier alpha value is -4.32. The highest BCUT2D eigenvalue weighted by Gasteiger charge is 2.36. The normalized spacial score (nSPS) is 17.8. The molecule has 4 aromatic carbocycles. The van der Waals surface area contributed by atoms with Crippen LogP contribution in [0, 0.1) is 5.82 Å². The Bertz CT molecular complexity index is 1510. The van der Waals surface area contributed by atoms with Crippen LogP contribution in [0.4, 0.5) is 9.18 Å². The van der Waals surface area contributed by atoms with Crippen LogP contribution >= 0.6 is 0 Å². The summed E-state index contributed by atoms with van der Waals surface area (Å²) in [6.45, 7) is 0.210. The lowest BCUT2D eigenvalue weighted by Gasteiger charge is -2.38. The van der Waals surface area contributed by atoms with Gasteiger partial charge in [-0.2, -0.15) is 0 Å². The summed E-state index contributed by atoms with van der Waals surface area (Å²) in [6, 6.07) is 29.1. The van der Waals surface area contributed by atoms with Crippen molar-refractivity contribution in [2.24, 2.45) is 0 Å². The SMILES string of the molecule is COc1cc2c(cc1OC)C(c1ccccc1)C(NC(=O)N(Cc1ccccc1F)C1Cc3ccccc3C1)CC2. The van der Waals surface area contributed by atoms with Crippen LogP contribution in [0.5, 0.6) is 11.5 Å². The number of hydrogen-bond acceptors (Lipinski definition) is 3. The van der Waals surface area contributed by atoms with E-state index >= 15 is 0 Å². The average Bonchev–Trinajstić information content (AvgIpc) is 3.44. The maximum atomic E-state index is 14.8. The molecule has 2 atom stereocenters. The molecule has 0 saturated carbocycles. The predicted octanol–water partition coefficient (Wildman–Crippen LogP) is 6.67. The van der Waals surface area contributed by atoms with E-state index in [0.717, 1.165) is 36.8 Å². The standard InChI is InChI=1S/C35H35FN2O3/c1-40-32-20-26-16-17-31(34(23-10-4-3-5-11-23)29(26)21-33(32)41-2)37-35(39)38(22-27-14-8-9-15-30(27)36)28-18-24-12-6-7-13-25(24)19-28/h3-15,20-21,28,31,34H,16-19,22H2,1-2H3,(H,37,39). The quantitative estimate of drug-likeness (QED) is 0.280. The van der Waals surface area contributed by atoms with Gasteiger partial charge >= 0.3 is 6.03 Å². The Labute approximate surface area is 240 Å². The van der Waals surface area contributed by atoms with Crippen molar-refractivity contribution in [3.63, 3.8) is 0 Å². The molecule has 5 nitrogen and oxygen atoms in total. The maximum absolute atomic E-state index is 14.8. The molecule has 0 radical (unpaired) electrons. The Balaban J connectivity index is 1.34. The molecule has 0 heterocycles. The number of halogens is 1. The van der Waals surface area contributed by atoms with Gasteiger partial charge in [-0.15, -0.1) is 0 Å². The molecule has 6 rings (SSSR count). The van der Waals surface area contributed by atoms with E-state index in [9.17, 15) is 9.18 Å². The largest absolute Gasteiger partial charge is 0.493 e. The molecular formula is C35H35FN2O3. The second-order valence-corrected chi connectivity index (χ2v) is 10.9. The lowest BCUT2D eigenvalue weighted by atomic mass is 9.75. The van der Waals surface area contributed by atoms with Crippen molar-refractivity contribution in [2.75, 3.05) is 14.2 Å². The van der Waals surface area contributed by atoms with E-state index in [-0.39, 0.29) is 36.4 Å². The number of fused-ring (bicyclic) bond motifs is 2. The number of ether oxygens (including phenoxy) is 2. The van der Waals surface area contributed by atoms with Crippen molar-refractivity contribution < 1.29 is 18.7 Å². The fourth-order valence-electron chi connectivity index (χ4n) is 6.54. The van der Waals surface area contributed by atoms with Crippen molar-refractivity contribution in [2.45, 2.75) is 50.2 Å². The van der Waals surface area contributed by atoms with Crippen LogP contribution in [-0.4, -0.2) is 37.2 Å². The first-order valence-electron chi connectivity index (χ1n) is 14.2. The summed E-state index contributed by atoms with van der Waals surface area (Å²) in [5.74, 6) is 1.01. The van der Waals surface area contributed by atoms with Crippen LogP contribution in [0.25, 0.3) is 0 Å². The molecule has 4 aromatic rings. The zero-order valence-corrected chi connectivity index (χ0v) is 23.5. The minimum atomic E-state index is -0.296. The molecule has 0 saturated heterocycles. The number of hydrogen-bond donors (Lipinski definition) is 1. The van der Waals surface area contributed by atoms with Crippen LogP contribution in [0.2, 0.25) is 0 Å². The van der Waals surface area contributed by atoms with Gasteiger partial charge in [0.2, 0.25) is 0 Å². The van der Waals surface area contributed by atoms with Crippen molar-refractivity contribution >= 4 is 6.03 Å². The summed E-state index contributed by atoms with van der Waals surface area (Å²) in [7, 11) is 3.29. The first-order valence-corrected chi connectivity index (χ1v) is 14.2. The first kappa shape index (κ1) is 26.9. The number of carbonyl (C=O) groups is 1. The molecule has 0 fully saturated rings. The molecule has 6 heteroatoms. The smallest absolute Gasteiger partial charge is 0.318 e. The van der Waals surface area contributed by atoms with E-state index in [2.05, 4.69) is 41.7 Å². The second-order valence-electron chi connectivity index (χ2n) is 10.9. The van der Waals surface area contributed by atoms with Gasteiger partial charge in [0.15, 0.2) is 11.5 Å². The third-order valence-corrected chi connectivity index (χ3v) is 8.60. The maximum Gasteiger partial charge on any atom is 0.318 e. The summed E-state index contributed by atoms with van der Waals surface area (Å²) < 4.78 is 26.1. The van der Waals surface area contributed by atoms with E-state index < -0.39 is 0 Å². The van der Waals surface area contributed by atoms with E-state index in [4.69, 9.17) is 9.47 Å². The number of rotatable bonds is 7. The van der Waals surface area contributed by atoms with Gasteiger partial charge in [-0.3, -0.25) is 0 Å². The number of nitrogens with zero attached hydrogens (tertiary/aromatic N) is 1. The average molecular weight is 551 g/mol. The molecule has 1 N–H and O–H groups in total. The van der Waals surface area contributed by atoms with Crippen LogP contribution in [0.15, 0.2) is 91.0 Å². The fraction of sp³-hybridized carbons (Fsp3) is 0.286. The van der Waals surface area contributed by atoms with E-state index in [1.165, 1.54) is 22.8 Å². The van der Waals surface area contributed by atoms with E-state index in [1.807, 2.05) is 41.3 Å². The van der Waals surface area contributed by atoms with Gasteiger partial charge in [0.25, 0.3) is 0 Å². The molecule has 0 aliphatic heterocycles. The molecular weight excluding hydrogens is 515 g/mol. The van der Waals surface area contributed by atoms with E-state index in [1.54, 1.807) is 26.4 Å². The van der Waals surface area contributed by atoms with Crippen molar-refractivity contribution in [1.82, 2.24) is 10.2 Å². The topological polar surface area (TPSA) is 50.8 Å². The van der Waals surface area contributed by atoms with Gasteiger partial charge in [0.05, 0.1) is 20.8 Å². The number of benzene rings is 4. The highest BCUT2D eigenvalue weighted by molar-refractivity contribution is 5.76. The fourth-order valence-corrected chi connectivity index (χ4v) is 6.54. The molecule has 2 aliphatic carbocycles. The highest BCUT2D eigenvalue weighted by Crippen LogP contribution is 2.42. The third kappa shape index (κ3) is 5.39.